The number of carbonyl (C=O) groups is 2. The van der Waals surface area contributed by atoms with Gasteiger partial charge in [-0.15, -0.1) is 0 Å². The number of carbonyl (C=O) groups excluding carboxylic acids is 2. The Morgan fingerprint density at radius 2 is 2.25 bits per heavy atom. The molecule has 1 heterocycles. The van der Waals surface area contributed by atoms with Gasteiger partial charge in [0.25, 0.3) is 5.91 Å². The van der Waals surface area contributed by atoms with Crippen LogP contribution in [0.15, 0.2) is 18.2 Å². The minimum atomic E-state index is -0.178. The van der Waals surface area contributed by atoms with Gasteiger partial charge in [0, 0.05) is 12.5 Å². The van der Waals surface area contributed by atoms with Crippen LogP contribution in [0.4, 0.5) is 5.69 Å². The van der Waals surface area contributed by atoms with E-state index >= 15 is 0 Å². The van der Waals surface area contributed by atoms with Crippen molar-refractivity contribution in [3.63, 3.8) is 0 Å². The molecule has 1 aromatic carbocycles. The highest BCUT2D eigenvalue weighted by molar-refractivity contribution is 5.95. The number of fused-ring (bicyclic) bond motifs is 1. The second kappa shape index (κ2) is 5.92. The van der Waals surface area contributed by atoms with Gasteiger partial charge < -0.3 is 21.1 Å². The van der Waals surface area contributed by atoms with Gasteiger partial charge in [0.1, 0.15) is 5.75 Å². The Kier molecular flexibility index (Phi) is 4.24. The molecule has 0 aromatic heterocycles. The SMILES string of the molecule is CC(N)CC(=O)NC(C)c1ccc2c(c1)NC(=O)CO2. The highest BCUT2D eigenvalue weighted by Crippen LogP contribution is 2.30. The number of amides is 2. The van der Waals surface area contributed by atoms with Crippen LogP contribution in [-0.4, -0.2) is 24.5 Å². The van der Waals surface area contributed by atoms with Crippen molar-refractivity contribution in [2.24, 2.45) is 5.73 Å². The van der Waals surface area contributed by atoms with Crippen molar-refractivity contribution in [3.8, 4) is 5.75 Å². The lowest BCUT2D eigenvalue weighted by molar-refractivity contribution is -0.122. The highest BCUT2D eigenvalue weighted by atomic mass is 16.5. The van der Waals surface area contributed by atoms with E-state index in [4.69, 9.17) is 10.5 Å². The van der Waals surface area contributed by atoms with Crippen LogP contribution in [0.25, 0.3) is 0 Å². The summed E-state index contributed by atoms with van der Waals surface area (Å²) in [6.07, 6.45) is 0.287. The summed E-state index contributed by atoms with van der Waals surface area (Å²) in [5, 5.41) is 5.62. The standard InChI is InChI=1S/C14H19N3O3/c1-8(15)5-13(18)16-9(2)10-3-4-12-11(6-10)17-14(19)7-20-12/h3-4,6,8-9H,5,7,15H2,1-2H3,(H,16,18)(H,17,19). The van der Waals surface area contributed by atoms with Crippen molar-refractivity contribution in [1.82, 2.24) is 5.32 Å². The zero-order valence-electron chi connectivity index (χ0n) is 11.6. The van der Waals surface area contributed by atoms with Gasteiger partial charge in [0.05, 0.1) is 11.7 Å². The van der Waals surface area contributed by atoms with Crippen molar-refractivity contribution < 1.29 is 14.3 Å². The molecule has 0 bridgehead atoms. The van der Waals surface area contributed by atoms with Crippen LogP contribution in [0.3, 0.4) is 0 Å². The normalized spacial score (nSPS) is 16.4. The number of nitrogens with one attached hydrogen (secondary N) is 2. The third kappa shape index (κ3) is 3.48. The summed E-state index contributed by atoms with van der Waals surface area (Å²) in [7, 11) is 0. The fraction of sp³-hybridized carbons (Fsp3) is 0.429. The number of anilines is 1. The topological polar surface area (TPSA) is 93.5 Å². The molecule has 20 heavy (non-hydrogen) atoms. The van der Waals surface area contributed by atoms with E-state index in [1.165, 1.54) is 0 Å². The minimum Gasteiger partial charge on any atom is -0.482 e. The number of rotatable bonds is 4. The quantitative estimate of drug-likeness (QED) is 0.763. The van der Waals surface area contributed by atoms with E-state index in [0.717, 1.165) is 5.56 Å². The van der Waals surface area contributed by atoms with Crippen LogP contribution in [0.1, 0.15) is 31.9 Å². The zero-order chi connectivity index (χ0) is 14.7. The first-order valence-corrected chi connectivity index (χ1v) is 6.57. The smallest absolute Gasteiger partial charge is 0.262 e. The zero-order valence-corrected chi connectivity index (χ0v) is 11.6. The summed E-state index contributed by atoms with van der Waals surface area (Å²) in [5.74, 6) is 0.372. The van der Waals surface area contributed by atoms with Gasteiger partial charge in [0.15, 0.2) is 6.61 Å². The number of ether oxygens (including phenoxy) is 1. The van der Waals surface area contributed by atoms with E-state index in [0.29, 0.717) is 11.4 Å². The number of nitrogens with two attached hydrogens (primary N) is 1. The van der Waals surface area contributed by atoms with Crippen LogP contribution < -0.4 is 21.1 Å². The van der Waals surface area contributed by atoms with Gasteiger partial charge >= 0.3 is 0 Å². The second-order valence-corrected chi connectivity index (χ2v) is 5.06. The molecule has 1 aliphatic heterocycles. The van der Waals surface area contributed by atoms with Crippen molar-refractivity contribution in [2.75, 3.05) is 11.9 Å². The molecule has 2 rings (SSSR count). The summed E-state index contributed by atoms with van der Waals surface area (Å²) in [6.45, 7) is 3.70. The van der Waals surface area contributed by atoms with Gasteiger partial charge in [-0.05, 0) is 31.5 Å². The first-order chi connectivity index (χ1) is 9.45. The Morgan fingerprint density at radius 3 is 2.95 bits per heavy atom. The van der Waals surface area contributed by atoms with Crippen molar-refractivity contribution in [2.45, 2.75) is 32.4 Å². The molecule has 0 spiro atoms. The summed E-state index contributed by atoms with van der Waals surface area (Å²) >= 11 is 0. The maximum atomic E-state index is 11.7. The first kappa shape index (κ1) is 14.3. The maximum Gasteiger partial charge on any atom is 0.262 e. The average Bonchev–Trinajstić information content (AvgIpc) is 2.36. The minimum absolute atomic E-state index is 0.0347. The van der Waals surface area contributed by atoms with E-state index in [9.17, 15) is 9.59 Å². The Balaban J connectivity index is 2.07. The molecule has 2 amide bonds. The van der Waals surface area contributed by atoms with Crippen molar-refractivity contribution >= 4 is 17.5 Å². The van der Waals surface area contributed by atoms with Crippen LogP contribution in [-0.2, 0) is 9.59 Å². The molecule has 1 aliphatic rings. The fourth-order valence-corrected chi connectivity index (χ4v) is 2.05. The molecule has 0 fully saturated rings. The van der Waals surface area contributed by atoms with E-state index in [-0.39, 0.29) is 36.9 Å². The molecule has 0 saturated heterocycles. The molecule has 4 N–H and O–H groups in total. The van der Waals surface area contributed by atoms with Gasteiger partial charge in [-0.25, -0.2) is 0 Å². The van der Waals surface area contributed by atoms with Gasteiger partial charge in [-0.2, -0.15) is 0 Å². The lowest BCUT2D eigenvalue weighted by Crippen LogP contribution is -2.32. The first-order valence-electron chi connectivity index (χ1n) is 6.57. The molecule has 0 aliphatic carbocycles. The lowest BCUT2D eigenvalue weighted by atomic mass is 10.1. The van der Waals surface area contributed by atoms with Crippen molar-refractivity contribution in [3.05, 3.63) is 23.8 Å². The average molecular weight is 277 g/mol. The molecule has 0 radical (unpaired) electrons. The van der Waals surface area contributed by atoms with Crippen molar-refractivity contribution in [1.29, 1.82) is 0 Å². The van der Waals surface area contributed by atoms with Gasteiger partial charge in [-0.1, -0.05) is 6.07 Å². The lowest BCUT2D eigenvalue weighted by Gasteiger charge is -2.21. The summed E-state index contributed by atoms with van der Waals surface area (Å²) in [5.41, 5.74) is 7.12. The van der Waals surface area contributed by atoms with Crippen LogP contribution in [0.2, 0.25) is 0 Å². The Morgan fingerprint density at radius 1 is 1.50 bits per heavy atom. The predicted octanol–water partition coefficient (Wildman–Crippen LogP) is 0.932. The predicted molar refractivity (Wildman–Crippen MR) is 75.4 cm³/mol. The molecular weight excluding hydrogens is 258 g/mol. The fourth-order valence-electron chi connectivity index (χ4n) is 2.05. The van der Waals surface area contributed by atoms with E-state index < -0.39 is 0 Å². The molecule has 2 atom stereocenters. The van der Waals surface area contributed by atoms with Gasteiger partial charge in [-0.3, -0.25) is 9.59 Å². The number of hydrogen-bond donors (Lipinski definition) is 3. The molecule has 6 heteroatoms. The third-order valence-electron chi connectivity index (χ3n) is 3.02. The molecule has 0 saturated carbocycles. The molecule has 108 valence electrons. The Labute approximate surface area is 117 Å². The van der Waals surface area contributed by atoms with Crippen LogP contribution in [0.5, 0.6) is 5.75 Å². The summed E-state index contributed by atoms with van der Waals surface area (Å²) in [6, 6.07) is 5.14. The van der Waals surface area contributed by atoms with Crippen LogP contribution in [0, 0.1) is 0 Å². The van der Waals surface area contributed by atoms with Gasteiger partial charge in [0.2, 0.25) is 5.91 Å². The molecule has 2 unspecified atom stereocenters. The largest absolute Gasteiger partial charge is 0.482 e. The highest BCUT2D eigenvalue weighted by Gasteiger charge is 2.18. The summed E-state index contributed by atoms with van der Waals surface area (Å²) < 4.78 is 5.29. The molecule has 1 aromatic rings. The number of hydrogen-bond acceptors (Lipinski definition) is 4. The van der Waals surface area contributed by atoms with E-state index in [1.807, 2.05) is 19.1 Å². The third-order valence-corrected chi connectivity index (χ3v) is 3.02. The number of benzene rings is 1. The molecular formula is C14H19N3O3. The monoisotopic (exact) mass is 277 g/mol. The van der Waals surface area contributed by atoms with E-state index in [2.05, 4.69) is 10.6 Å². The second-order valence-electron chi connectivity index (χ2n) is 5.06. The maximum absolute atomic E-state index is 11.7. The molecule has 6 nitrogen and oxygen atoms in total. The van der Waals surface area contributed by atoms with E-state index in [1.54, 1.807) is 13.0 Å². The Hall–Kier alpha value is -2.08. The summed E-state index contributed by atoms with van der Waals surface area (Å²) in [4.78, 5) is 23.0. The Bertz CT molecular complexity index is 528. The van der Waals surface area contributed by atoms with Crippen LogP contribution >= 0.6 is 0 Å².